The lowest BCUT2D eigenvalue weighted by atomic mass is 9.80. The number of H-pyrrole nitrogens is 1. The Morgan fingerprint density at radius 1 is 0.915 bits per heavy atom. The van der Waals surface area contributed by atoms with Crippen LogP contribution in [0.15, 0.2) is 94.6 Å². The highest BCUT2D eigenvalue weighted by molar-refractivity contribution is 7.44. The Labute approximate surface area is 350 Å². The quantitative estimate of drug-likeness (QED) is 0.0343. The summed E-state index contributed by atoms with van der Waals surface area (Å²) in [4.78, 5) is 28.9. The van der Waals surface area contributed by atoms with Crippen LogP contribution in [0.5, 0.6) is 11.5 Å². The number of nitrogens with one attached hydrogen (secondary N) is 1. The fourth-order valence-corrected chi connectivity index (χ4v) is 9.39. The van der Waals surface area contributed by atoms with E-state index >= 15 is 0 Å². The van der Waals surface area contributed by atoms with Crippen LogP contribution in [0.2, 0.25) is 25.7 Å². The zero-order valence-electron chi connectivity index (χ0n) is 35.6. The largest absolute Gasteiger partial charge is 0.497 e. The summed E-state index contributed by atoms with van der Waals surface area (Å²) in [5, 5.41) is 9.38. The van der Waals surface area contributed by atoms with Gasteiger partial charge in [-0.2, -0.15) is 5.26 Å². The number of rotatable bonds is 18. The molecule has 1 aliphatic rings. The summed E-state index contributed by atoms with van der Waals surface area (Å²) < 4.78 is 42.0. The highest BCUT2D eigenvalue weighted by Crippen LogP contribution is 2.50. The molecule has 4 aromatic rings. The molecule has 3 aromatic carbocycles. The van der Waals surface area contributed by atoms with Gasteiger partial charge in [-0.1, -0.05) is 80.2 Å². The van der Waals surface area contributed by atoms with Crippen molar-refractivity contribution in [2.24, 2.45) is 0 Å². The Hall–Kier alpha value is -4.56. The van der Waals surface area contributed by atoms with Crippen LogP contribution < -0.4 is 20.7 Å². The van der Waals surface area contributed by atoms with Crippen molar-refractivity contribution in [1.29, 1.82) is 5.26 Å². The number of aromatic nitrogens is 2. The number of methoxy groups -OCH3 is 2. The molecule has 1 aromatic heterocycles. The third-order valence-corrected chi connectivity index (χ3v) is 13.2. The van der Waals surface area contributed by atoms with Crippen LogP contribution in [0.3, 0.4) is 0 Å². The number of benzene rings is 3. The predicted octanol–water partition coefficient (Wildman–Crippen LogP) is 8.20. The van der Waals surface area contributed by atoms with Crippen molar-refractivity contribution in [3.8, 4) is 29.4 Å². The summed E-state index contributed by atoms with van der Waals surface area (Å²) in [6, 6.07) is 28.5. The maximum atomic E-state index is 13.5. The van der Waals surface area contributed by atoms with Crippen LogP contribution >= 0.6 is 8.53 Å². The van der Waals surface area contributed by atoms with Gasteiger partial charge in [0, 0.05) is 30.7 Å². The summed E-state index contributed by atoms with van der Waals surface area (Å²) in [6.45, 7) is 15.1. The number of ether oxygens (including phenoxy) is 4. The van der Waals surface area contributed by atoms with Gasteiger partial charge in [-0.15, -0.1) is 5.92 Å². The Bertz CT molecular complexity index is 2130. The zero-order valence-corrected chi connectivity index (χ0v) is 37.5. The molecule has 314 valence electrons. The van der Waals surface area contributed by atoms with E-state index in [1.54, 1.807) is 14.2 Å². The first-order valence-electron chi connectivity index (χ1n) is 19.9. The van der Waals surface area contributed by atoms with Crippen LogP contribution in [-0.2, 0) is 24.1 Å². The molecule has 12 nitrogen and oxygen atoms in total. The van der Waals surface area contributed by atoms with Gasteiger partial charge in [0.15, 0.2) is 0 Å². The first kappa shape index (κ1) is 45.5. The van der Waals surface area contributed by atoms with Crippen LogP contribution in [-0.4, -0.2) is 74.0 Å². The minimum atomic E-state index is -1.70. The number of nitrogens with zero attached hydrogens (tertiary/aromatic N) is 3. The third-order valence-electron chi connectivity index (χ3n) is 9.83. The van der Waals surface area contributed by atoms with Crippen LogP contribution in [0.4, 0.5) is 0 Å². The summed E-state index contributed by atoms with van der Waals surface area (Å²) in [5.41, 5.74) is 0.402. The second-order valence-electron chi connectivity index (χ2n) is 16.1. The maximum absolute atomic E-state index is 13.5. The fourth-order valence-electron chi connectivity index (χ4n) is 7.02. The van der Waals surface area contributed by atoms with Gasteiger partial charge >= 0.3 is 5.69 Å². The molecule has 0 bridgehead atoms. The predicted molar refractivity (Wildman–Crippen MR) is 233 cm³/mol. The van der Waals surface area contributed by atoms with Gasteiger partial charge in [0.2, 0.25) is 0 Å². The molecule has 59 heavy (non-hydrogen) atoms. The Morgan fingerprint density at radius 2 is 1.49 bits per heavy atom. The highest BCUT2D eigenvalue weighted by atomic mass is 31.2. The van der Waals surface area contributed by atoms with Gasteiger partial charge < -0.3 is 28.0 Å². The van der Waals surface area contributed by atoms with Gasteiger partial charge in [-0.3, -0.25) is 14.3 Å². The number of nitriles is 1. The van der Waals surface area contributed by atoms with Crippen molar-refractivity contribution in [2.45, 2.75) is 102 Å². The molecule has 5 rings (SSSR count). The van der Waals surface area contributed by atoms with Crippen LogP contribution in [0.1, 0.15) is 69.0 Å². The van der Waals surface area contributed by atoms with E-state index < -0.39 is 51.9 Å². The molecule has 0 amide bonds. The molecule has 0 spiro atoms. The topological polar surface area (TPSA) is 137 Å². The number of aromatic amines is 1. The Kier molecular flexibility index (Phi) is 15.9. The lowest BCUT2D eigenvalue weighted by molar-refractivity contribution is -0.0925. The summed E-state index contributed by atoms with van der Waals surface area (Å²) in [6.07, 6.45) is -0.312. The van der Waals surface area contributed by atoms with Crippen molar-refractivity contribution in [1.82, 2.24) is 14.2 Å². The lowest BCUT2D eigenvalue weighted by Crippen LogP contribution is -2.39. The summed E-state index contributed by atoms with van der Waals surface area (Å²) >= 11 is 0. The molecule has 1 saturated heterocycles. The molecule has 4 atom stereocenters. The smallest absolute Gasteiger partial charge is 0.330 e. The van der Waals surface area contributed by atoms with Gasteiger partial charge in [-0.05, 0) is 68.7 Å². The van der Waals surface area contributed by atoms with Gasteiger partial charge in [0.05, 0.1) is 54.1 Å². The Morgan fingerprint density at radius 3 is 2.02 bits per heavy atom. The van der Waals surface area contributed by atoms with E-state index in [-0.39, 0.29) is 43.7 Å². The molecule has 0 saturated carbocycles. The molecule has 14 heteroatoms. The first-order chi connectivity index (χ1) is 28.2. The minimum Gasteiger partial charge on any atom is -0.497 e. The van der Waals surface area contributed by atoms with E-state index in [1.807, 2.05) is 78.9 Å². The van der Waals surface area contributed by atoms with Crippen molar-refractivity contribution in [2.75, 3.05) is 27.4 Å². The maximum Gasteiger partial charge on any atom is 0.330 e. The summed E-state index contributed by atoms with van der Waals surface area (Å²) in [5.74, 6) is 7.55. The number of hydrogen-bond acceptors (Lipinski definition) is 10. The van der Waals surface area contributed by atoms with E-state index in [2.05, 4.69) is 74.9 Å². The van der Waals surface area contributed by atoms with Gasteiger partial charge in [0.1, 0.15) is 35.0 Å². The van der Waals surface area contributed by atoms with Crippen LogP contribution in [0, 0.1) is 23.2 Å². The SMILES string of the molecule is COc1ccc(C(OC[C@H]2O[C@@H](n3cc(C#CC[Si](C)(C)C)c(=O)[nH]c3=O)C[C@@H]2OP(OCCC#N)N(C(C)C)C(C)C)(c2ccccc2)c2ccc(OC)cc2)cc1. The standard InChI is InChI=1S/C45H57N4O8PSi/c1-32(2)49(33(3)4)58(55-27-14-26-46)57-40-29-42(48-30-34(43(50)47-44(48)51)15-13-28-59(7,8)9)56-41(40)31-54-45(35-16-11-10-12-17-35,36-18-22-38(52-5)23-19-36)37-20-24-39(53-6)25-21-37/h10-12,16-25,30,32-33,40-42H,14,27-29,31H2,1-9H3,(H,47,50,51)/t40-,41+,42+,58?/m0/s1. The van der Waals surface area contributed by atoms with Gasteiger partial charge in [0.25, 0.3) is 14.1 Å². The molecule has 1 unspecified atom stereocenters. The molecular formula is C45H57N4O8PSi. The fraction of sp³-hybridized carbons (Fsp3) is 0.444. The molecule has 0 radical (unpaired) electrons. The van der Waals surface area contributed by atoms with E-state index in [0.717, 1.165) is 16.7 Å². The van der Waals surface area contributed by atoms with Gasteiger partial charge in [-0.25, -0.2) is 9.46 Å². The normalized spacial score (nSPS) is 17.4. The lowest BCUT2D eigenvalue weighted by Gasteiger charge is -2.39. The van der Waals surface area contributed by atoms with Crippen molar-refractivity contribution in [3.63, 3.8) is 0 Å². The van der Waals surface area contributed by atoms with E-state index in [4.69, 9.17) is 28.0 Å². The monoisotopic (exact) mass is 840 g/mol. The van der Waals surface area contributed by atoms with E-state index in [1.165, 1.54) is 10.8 Å². The average Bonchev–Trinajstić information content (AvgIpc) is 3.61. The van der Waals surface area contributed by atoms with Crippen molar-refractivity contribution < 1.29 is 28.0 Å². The molecule has 2 heterocycles. The van der Waals surface area contributed by atoms with Crippen molar-refractivity contribution >= 4 is 16.6 Å². The first-order valence-corrected chi connectivity index (χ1v) is 24.8. The van der Waals surface area contributed by atoms with E-state index in [0.29, 0.717) is 17.5 Å². The number of hydrogen-bond donors (Lipinski definition) is 1. The molecular weight excluding hydrogens is 784 g/mol. The zero-order chi connectivity index (χ0) is 42.7. The molecule has 1 fully saturated rings. The molecule has 0 aliphatic carbocycles. The average molecular weight is 841 g/mol. The van der Waals surface area contributed by atoms with E-state index in [9.17, 15) is 14.9 Å². The third kappa shape index (κ3) is 11.4. The van der Waals surface area contributed by atoms with Crippen molar-refractivity contribution in [3.05, 3.63) is 128 Å². The Balaban J connectivity index is 1.62. The molecule has 1 aliphatic heterocycles. The second-order valence-corrected chi connectivity index (χ2v) is 23.0. The van der Waals surface area contributed by atoms with Crippen LogP contribution in [0.25, 0.3) is 0 Å². The molecule has 1 N–H and O–H groups in total. The highest BCUT2D eigenvalue weighted by Gasteiger charge is 2.45. The summed E-state index contributed by atoms with van der Waals surface area (Å²) in [7, 11) is 0.0375. The second kappa shape index (κ2) is 20.6. The minimum absolute atomic E-state index is 0.0137.